The van der Waals surface area contributed by atoms with Crippen molar-refractivity contribution in [3.8, 4) is 0 Å². The molecule has 0 saturated carbocycles. The largest absolute Gasteiger partial charge is 0.330 e. The minimum absolute atomic E-state index is 0.488. The van der Waals surface area contributed by atoms with Gasteiger partial charge in [0.05, 0.1) is 17.4 Å². The molecule has 108 valence electrons. The Bertz CT molecular complexity index is 741. The number of rotatable bonds is 5. The van der Waals surface area contributed by atoms with E-state index in [0.717, 1.165) is 24.1 Å². The second kappa shape index (κ2) is 6.26. The van der Waals surface area contributed by atoms with Gasteiger partial charge in [-0.25, -0.2) is 13.8 Å². The smallest absolute Gasteiger partial charge is 0.161 e. The molecule has 2 aromatic carbocycles. The normalized spacial score (nSPS) is 11.1. The van der Waals surface area contributed by atoms with Crippen molar-refractivity contribution in [1.29, 1.82) is 0 Å². The number of benzene rings is 2. The number of nitrogens with zero attached hydrogens (tertiary/aromatic N) is 2. The number of halogens is 2. The maximum atomic E-state index is 13.3. The van der Waals surface area contributed by atoms with Crippen molar-refractivity contribution in [2.75, 3.05) is 5.75 Å². The Labute approximate surface area is 125 Å². The Morgan fingerprint density at radius 3 is 2.62 bits per heavy atom. The lowest BCUT2D eigenvalue weighted by Crippen LogP contribution is -1.99. The summed E-state index contributed by atoms with van der Waals surface area (Å²) in [5.41, 5.74) is 2.40. The van der Waals surface area contributed by atoms with Gasteiger partial charge >= 0.3 is 0 Å². The first kappa shape index (κ1) is 14.1. The van der Waals surface area contributed by atoms with Crippen LogP contribution in [0.4, 0.5) is 8.78 Å². The molecule has 0 aliphatic heterocycles. The van der Waals surface area contributed by atoms with E-state index in [4.69, 9.17) is 0 Å². The lowest BCUT2D eigenvalue weighted by molar-refractivity contribution is 0.510. The lowest BCUT2D eigenvalue weighted by Gasteiger charge is -2.05. The Morgan fingerprint density at radius 1 is 1.05 bits per heavy atom. The van der Waals surface area contributed by atoms with Gasteiger partial charge in [-0.15, -0.1) is 0 Å². The van der Waals surface area contributed by atoms with Gasteiger partial charge in [0.1, 0.15) is 0 Å². The van der Waals surface area contributed by atoms with Crippen LogP contribution in [-0.4, -0.2) is 15.3 Å². The molecule has 1 aromatic heterocycles. The zero-order valence-electron chi connectivity index (χ0n) is 11.3. The molecule has 3 rings (SSSR count). The number of imidazole rings is 1. The van der Waals surface area contributed by atoms with Gasteiger partial charge in [0.2, 0.25) is 0 Å². The van der Waals surface area contributed by atoms with Gasteiger partial charge in [0.25, 0.3) is 0 Å². The van der Waals surface area contributed by atoms with Crippen LogP contribution in [0.2, 0.25) is 0 Å². The summed E-state index contributed by atoms with van der Waals surface area (Å²) in [5.74, 6) is 0.142. The topological polar surface area (TPSA) is 17.8 Å². The molecule has 3 aromatic rings. The fourth-order valence-electron chi connectivity index (χ4n) is 2.16. The number of thioether (sulfide) groups is 1. The van der Waals surface area contributed by atoms with Crippen LogP contribution in [0, 0.1) is 11.6 Å². The SMILES string of the molecule is Fc1cc2ncn(CCSCc3ccccc3)c2cc1F. The van der Waals surface area contributed by atoms with Crippen LogP contribution in [-0.2, 0) is 12.3 Å². The number of hydrogen-bond donors (Lipinski definition) is 0. The zero-order valence-corrected chi connectivity index (χ0v) is 12.1. The number of hydrogen-bond acceptors (Lipinski definition) is 2. The highest BCUT2D eigenvalue weighted by atomic mass is 32.2. The Balaban J connectivity index is 1.62. The van der Waals surface area contributed by atoms with E-state index in [9.17, 15) is 8.78 Å². The van der Waals surface area contributed by atoms with E-state index >= 15 is 0 Å². The van der Waals surface area contributed by atoms with E-state index in [2.05, 4.69) is 17.1 Å². The van der Waals surface area contributed by atoms with E-state index in [-0.39, 0.29) is 0 Å². The lowest BCUT2D eigenvalue weighted by atomic mass is 10.2. The highest BCUT2D eigenvalue weighted by Gasteiger charge is 2.08. The summed E-state index contributed by atoms with van der Waals surface area (Å²) < 4.78 is 28.3. The summed E-state index contributed by atoms with van der Waals surface area (Å²) in [4.78, 5) is 4.10. The van der Waals surface area contributed by atoms with Crippen molar-refractivity contribution in [3.05, 3.63) is 66.0 Å². The maximum absolute atomic E-state index is 13.3. The fraction of sp³-hybridized carbons (Fsp3) is 0.188. The summed E-state index contributed by atoms with van der Waals surface area (Å²) in [6.45, 7) is 0.721. The first-order valence-corrected chi connectivity index (χ1v) is 7.81. The summed E-state index contributed by atoms with van der Waals surface area (Å²) >= 11 is 1.80. The summed E-state index contributed by atoms with van der Waals surface area (Å²) in [6.07, 6.45) is 1.63. The van der Waals surface area contributed by atoms with Crippen LogP contribution in [0.1, 0.15) is 5.56 Å². The van der Waals surface area contributed by atoms with Gasteiger partial charge in [-0.05, 0) is 5.56 Å². The molecule has 0 amide bonds. The fourth-order valence-corrected chi connectivity index (χ4v) is 3.06. The van der Waals surface area contributed by atoms with Crippen molar-refractivity contribution < 1.29 is 8.78 Å². The molecule has 1 heterocycles. The quantitative estimate of drug-likeness (QED) is 0.656. The molecule has 21 heavy (non-hydrogen) atoms. The third kappa shape index (κ3) is 3.24. The van der Waals surface area contributed by atoms with Gasteiger partial charge in [0, 0.05) is 30.2 Å². The molecule has 0 aliphatic carbocycles. The molecular weight excluding hydrogens is 290 g/mol. The zero-order chi connectivity index (χ0) is 14.7. The van der Waals surface area contributed by atoms with E-state index in [1.54, 1.807) is 18.1 Å². The summed E-state index contributed by atoms with van der Waals surface area (Å²) in [7, 11) is 0. The summed E-state index contributed by atoms with van der Waals surface area (Å²) in [5, 5.41) is 0. The highest BCUT2D eigenvalue weighted by Crippen LogP contribution is 2.18. The van der Waals surface area contributed by atoms with E-state index in [1.807, 2.05) is 22.8 Å². The molecular formula is C16H14F2N2S. The Hall–Kier alpha value is -1.88. The van der Waals surface area contributed by atoms with Crippen LogP contribution in [0.25, 0.3) is 11.0 Å². The van der Waals surface area contributed by atoms with Crippen molar-refractivity contribution in [3.63, 3.8) is 0 Å². The van der Waals surface area contributed by atoms with Gasteiger partial charge in [-0.2, -0.15) is 11.8 Å². The Kier molecular flexibility index (Phi) is 4.20. The second-order valence-electron chi connectivity index (χ2n) is 4.73. The van der Waals surface area contributed by atoms with Crippen molar-refractivity contribution >= 4 is 22.8 Å². The van der Waals surface area contributed by atoms with Crippen molar-refractivity contribution in [2.24, 2.45) is 0 Å². The maximum Gasteiger partial charge on any atom is 0.161 e. The van der Waals surface area contributed by atoms with Crippen LogP contribution in [0.5, 0.6) is 0 Å². The molecule has 0 spiro atoms. The molecule has 0 radical (unpaired) electrons. The van der Waals surface area contributed by atoms with Gasteiger partial charge in [-0.1, -0.05) is 30.3 Å². The first-order valence-electron chi connectivity index (χ1n) is 6.65. The molecule has 0 atom stereocenters. The van der Waals surface area contributed by atoms with Crippen LogP contribution >= 0.6 is 11.8 Å². The second-order valence-corrected chi connectivity index (χ2v) is 5.84. The molecule has 2 nitrogen and oxygen atoms in total. The first-order chi connectivity index (χ1) is 10.2. The third-order valence-corrected chi connectivity index (χ3v) is 4.26. The average molecular weight is 304 g/mol. The van der Waals surface area contributed by atoms with Gasteiger partial charge < -0.3 is 4.57 Å². The number of fused-ring (bicyclic) bond motifs is 1. The average Bonchev–Trinajstić information content (AvgIpc) is 2.87. The molecule has 0 N–H and O–H groups in total. The van der Waals surface area contributed by atoms with Crippen LogP contribution in [0.15, 0.2) is 48.8 Å². The minimum atomic E-state index is -0.855. The predicted molar refractivity (Wildman–Crippen MR) is 82.3 cm³/mol. The molecule has 0 saturated heterocycles. The van der Waals surface area contributed by atoms with E-state index < -0.39 is 11.6 Å². The molecule has 0 aliphatic rings. The highest BCUT2D eigenvalue weighted by molar-refractivity contribution is 7.98. The third-order valence-electron chi connectivity index (χ3n) is 3.25. The number of aryl methyl sites for hydroxylation is 1. The monoisotopic (exact) mass is 304 g/mol. The molecule has 0 bridgehead atoms. The van der Waals surface area contributed by atoms with Gasteiger partial charge in [0.15, 0.2) is 11.6 Å². The van der Waals surface area contributed by atoms with Gasteiger partial charge in [-0.3, -0.25) is 0 Å². The molecule has 5 heteroatoms. The Morgan fingerprint density at radius 2 is 1.81 bits per heavy atom. The number of aromatic nitrogens is 2. The van der Waals surface area contributed by atoms with Crippen LogP contribution in [0.3, 0.4) is 0 Å². The van der Waals surface area contributed by atoms with Crippen LogP contribution < -0.4 is 0 Å². The van der Waals surface area contributed by atoms with Crippen molar-refractivity contribution in [2.45, 2.75) is 12.3 Å². The predicted octanol–water partition coefficient (Wildman–Crippen LogP) is 4.25. The molecule has 0 unspecified atom stereocenters. The van der Waals surface area contributed by atoms with Crippen molar-refractivity contribution in [1.82, 2.24) is 9.55 Å². The molecule has 0 fully saturated rings. The van der Waals surface area contributed by atoms with E-state index in [1.165, 1.54) is 11.6 Å². The summed E-state index contributed by atoms with van der Waals surface area (Å²) in [6, 6.07) is 12.6. The minimum Gasteiger partial charge on any atom is -0.330 e. The standard InChI is InChI=1S/C16H14F2N2S/c17-13-8-15-16(9-14(13)18)20(11-19-15)6-7-21-10-12-4-2-1-3-5-12/h1-5,8-9,11H,6-7,10H2. The van der Waals surface area contributed by atoms with E-state index in [0.29, 0.717) is 11.0 Å².